The molecular weight excluding hydrogens is 310 g/mol. The highest BCUT2D eigenvalue weighted by Crippen LogP contribution is 2.29. The van der Waals surface area contributed by atoms with Crippen molar-refractivity contribution in [1.82, 2.24) is 5.32 Å². The molecule has 1 unspecified atom stereocenters. The van der Waals surface area contributed by atoms with Crippen molar-refractivity contribution in [2.24, 2.45) is 0 Å². The number of aliphatic carboxylic acids is 1. The third-order valence-corrected chi connectivity index (χ3v) is 3.76. The number of furan rings is 1. The molecule has 2 N–H and O–H groups in total. The Hall–Kier alpha value is -3.15. The van der Waals surface area contributed by atoms with Gasteiger partial charge in [0.2, 0.25) is 5.91 Å². The fraction of sp³-hybridized carbons (Fsp3) is 0.167. The van der Waals surface area contributed by atoms with Gasteiger partial charge in [0.1, 0.15) is 17.2 Å². The normalized spacial score (nSPS) is 12.2. The van der Waals surface area contributed by atoms with Crippen LogP contribution in [0.3, 0.4) is 0 Å². The van der Waals surface area contributed by atoms with Gasteiger partial charge in [0.15, 0.2) is 5.78 Å². The topological polar surface area (TPSA) is 96.6 Å². The first-order valence-electron chi connectivity index (χ1n) is 7.40. The first-order valence-corrected chi connectivity index (χ1v) is 7.40. The zero-order valence-corrected chi connectivity index (χ0v) is 12.9. The van der Waals surface area contributed by atoms with Gasteiger partial charge in [0.05, 0.1) is 0 Å². The van der Waals surface area contributed by atoms with E-state index in [4.69, 9.17) is 9.52 Å². The minimum Gasteiger partial charge on any atom is -0.480 e. The van der Waals surface area contributed by atoms with E-state index in [-0.39, 0.29) is 12.2 Å². The molecule has 1 heterocycles. The van der Waals surface area contributed by atoms with Crippen LogP contribution in [0.25, 0.3) is 21.9 Å². The van der Waals surface area contributed by atoms with Crippen LogP contribution in [0.15, 0.2) is 46.9 Å². The van der Waals surface area contributed by atoms with Gasteiger partial charge in [-0.2, -0.15) is 0 Å². The number of carbonyl (C=O) groups excluding carboxylic acids is 2. The largest absolute Gasteiger partial charge is 0.480 e. The molecular formula is C18H15NO5. The summed E-state index contributed by atoms with van der Waals surface area (Å²) in [6.07, 6.45) is -0.309. The Kier molecular flexibility index (Phi) is 4.04. The van der Waals surface area contributed by atoms with Crippen molar-refractivity contribution < 1.29 is 23.9 Å². The second kappa shape index (κ2) is 6.16. The number of carboxylic acid groups (broad SMARTS) is 1. The Morgan fingerprint density at radius 2 is 1.79 bits per heavy atom. The number of para-hydroxylation sites is 1. The number of Topliss-reactive ketones (excluding diaryl/α,β-unsaturated/α-hetero) is 1. The third kappa shape index (κ3) is 2.99. The van der Waals surface area contributed by atoms with E-state index in [0.29, 0.717) is 11.1 Å². The van der Waals surface area contributed by atoms with Gasteiger partial charge < -0.3 is 14.8 Å². The summed E-state index contributed by atoms with van der Waals surface area (Å²) in [7, 11) is 0. The van der Waals surface area contributed by atoms with Crippen molar-refractivity contribution in [2.45, 2.75) is 19.4 Å². The fourth-order valence-corrected chi connectivity index (χ4v) is 2.65. The molecule has 0 saturated heterocycles. The molecule has 122 valence electrons. The van der Waals surface area contributed by atoms with Crippen LogP contribution in [0.2, 0.25) is 0 Å². The van der Waals surface area contributed by atoms with Crippen LogP contribution in [0.1, 0.15) is 23.7 Å². The molecule has 1 atom stereocenters. The Bertz CT molecular complexity index is 956. The number of hydrogen-bond donors (Lipinski definition) is 2. The van der Waals surface area contributed by atoms with Crippen LogP contribution in [0.5, 0.6) is 0 Å². The second-order valence-electron chi connectivity index (χ2n) is 5.53. The van der Waals surface area contributed by atoms with Gasteiger partial charge in [-0.05, 0) is 24.3 Å². The van der Waals surface area contributed by atoms with Crippen molar-refractivity contribution in [2.75, 3.05) is 0 Å². The number of carboxylic acids is 1. The minimum atomic E-state index is -1.24. The van der Waals surface area contributed by atoms with Crippen molar-refractivity contribution in [3.05, 3.63) is 48.0 Å². The smallest absolute Gasteiger partial charge is 0.326 e. The first kappa shape index (κ1) is 15.7. The molecule has 24 heavy (non-hydrogen) atoms. The summed E-state index contributed by atoms with van der Waals surface area (Å²) in [6, 6.07) is 11.2. The molecule has 6 heteroatoms. The molecule has 0 aliphatic heterocycles. The number of rotatable bonds is 5. The zero-order chi connectivity index (χ0) is 17.3. The minimum absolute atomic E-state index is 0.309. The van der Waals surface area contributed by atoms with Gasteiger partial charge in [-0.3, -0.25) is 9.59 Å². The number of ketones is 1. The van der Waals surface area contributed by atoms with Gasteiger partial charge in [-0.15, -0.1) is 0 Å². The van der Waals surface area contributed by atoms with Gasteiger partial charge in [0, 0.05) is 29.7 Å². The quantitative estimate of drug-likeness (QED) is 0.703. The van der Waals surface area contributed by atoms with E-state index in [0.717, 1.165) is 16.4 Å². The second-order valence-corrected chi connectivity index (χ2v) is 5.53. The lowest BCUT2D eigenvalue weighted by Crippen LogP contribution is -2.41. The SMILES string of the molecule is CC(=O)NC(CC(=O)c1ccc2oc3ccccc3c2c1)C(=O)O. The molecule has 0 fully saturated rings. The highest BCUT2D eigenvalue weighted by atomic mass is 16.4. The molecule has 0 saturated carbocycles. The lowest BCUT2D eigenvalue weighted by molar-refractivity contribution is -0.141. The summed E-state index contributed by atoms with van der Waals surface area (Å²) in [5.74, 6) is -2.09. The lowest BCUT2D eigenvalue weighted by Gasteiger charge is -2.12. The molecule has 1 amide bonds. The highest BCUT2D eigenvalue weighted by Gasteiger charge is 2.23. The molecule has 0 spiro atoms. The average molecular weight is 325 g/mol. The first-order chi connectivity index (χ1) is 11.5. The van der Waals surface area contributed by atoms with Gasteiger partial charge in [0.25, 0.3) is 0 Å². The van der Waals surface area contributed by atoms with Crippen LogP contribution in [0, 0.1) is 0 Å². The monoisotopic (exact) mass is 325 g/mol. The standard InChI is InChI=1S/C18H15NO5/c1-10(20)19-14(18(22)23)9-15(21)11-6-7-17-13(8-11)12-4-2-3-5-16(12)24-17/h2-8,14H,9H2,1H3,(H,19,20)(H,22,23). The van der Waals surface area contributed by atoms with Crippen molar-refractivity contribution >= 4 is 39.6 Å². The maximum Gasteiger partial charge on any atom is 0.326 e. The summed E-state index contributed by atoms with van der Waals surface area (Å²) in [5, 5.41) is 13.1. The Morgan fingerprint density at radius 3 is 2.50 bits per heavy atom. The molecule has 0 aliphatic carbocycles. The van der Waals surface area contributed by atoms with Crippen molar-refractivity contribution in [3.63, 3.8) is 0 Å². The predicted octanol–water partition coefficient (Wildman–Crippen LogP) is 2.75. The predicted molar refractivity (Wildman–Crippen MR) is 87.9 cm³/mol. The van der Waals surface area contributed by atoms with Gasteiger partial charge in [-0.25, -0.2) is 4.79 Å². The number of amides is 1. The molecule has 1 aromatic heterocycles. The summed E-state index contributed by atoms with van der Waals surface area (Å²) in [6.45, 7) is 1.21. The van der Waals surface area contributed by atoms with Gasteiger partial charge in [-0.1, -0.05) is 18.2 Å². The molecule has 0 bridgehead atoms. The molecule has 6 nitrogen and oxygen atoms in total. The fourth-order valence-electron chi connectivity index (χ4n) is 2.65. The third-order valence-electron chi connectivity index (χ3n) is 3.76. The van der Waals surface area contributed by atoms with E-state index in [1.165, 1.54) is 6.92 Å². The summed E-state index contributed by atoms with van der Waals surface area (Å²) < 4.78 is 5.70. The van der Waals surface area contributed by atoms with Crippen LogP contribution in [0.4, 0.5) is 0 Å². The van der Waals surface area contributed by atoms with Crippen molar-refractivity contribution in [3.8, 4) is 0 Å². The summed E-state index contributed by atoms with van der Waals surface area (Å²) in [5.41, 5.74) is 1.76. The molecule has 3 aromatic rings. The van der Waals surface area contributed by atoms with E-state index in [2.05, 4.69) is 5.32 Å². The van der Waals surface area contributed by atoms with E-state index < -0.39 is 17.9 Å². The Balaban J connectivity index is 1.93. The van der Waals surface area contributed by atoms with E-state index in [1.54, 1.807) is 18.2 Å². The molecule has 3 rings (SSSR count). The maximum absolute atomic E-state index is 12.4. The zero-order valence-electron chi connectivity index (χ0n) is 12.9. The van der Waals surface area contributed by atoms with Crippen LogP contribution < -0.4 is 5.32 Å². The Labute approximate surface area is 137 Å². The van der Waals surface area contributed by atoms with Crippen LogP contribution >= 0.6 is 0 Å². The molecule has 0 aliphatic rings. The number of benzene rings is 2. The van der Waals surface area contributed by atoms with Gasteiger partial charge >= 0.3 is 5.97 Å². The summed E-state index contributed by atoms with van der Waals surface area (Å²) in [4.78, 5) is 34.6. The van der Waals surface area contributed by atoms with Crippen LogP contribution in [-0.4, -0.2) is 28.8 Å². The van der Waals surface area contributed by atoms with E-state index >= 15 is 0 Å². The van der Waals surface area contributed by atoms with E-state index in [1.807, 2.05) is 24.3 Å². The number of nitrogens with one attached hydrogen (secondary N) is 1. The van der Waals surface area contributed by atoms with Crippen LogP contribution in [-0.2, 0) is 9.59 Å². The van der Waals surface area contributed by atoms with E-state index in [9.17, 15) is 14.4 Å². The number of carbonyl (C=O) groups is 3. The number of hydrogen-bond acceptors (Lipinski definition) is 4. The number of fused-ring (bicyclic) bond motifs is 3. The lowest BCUT2D eigenvalue weighted by atomic mass is 10.0. The van der Waals surface area contributed by atoms with Crippen molar-refractivity contribution in [1.29, 1.82) is 0 Å². The highest BCUT2D eigenvalue weighted by molar-refractivity contribution is 6.09. The summed E-state index contributed by atoms with van der Waals surface area (Å²) >= 11 is 0. The molecule has 0 radical (unpaired) electrons. The molecule has 2 aromatic carbocycles. The Morgan fingerprint density at radius 1 is 1.08 bits per heavy atom. The average Bonchev–Trinajstić information content (AvgIpc) is 2.91. The maximum atomic E-state index is 12.4.